The van der Waals surface area contributed by atoms with Crippen molar-refractivity contribution in [2.75, 3.05) is 13.7 Å². The van der Waals surface area contributed by atoms with E-state index in [1.807, 2.05) is 6.92 Å². The number of carbonyl (C=O) groups is 1. The molecule has 0 aromatic heterocycles. The molecule has 0 heterocycles. The summed E-state index contributed by atoms with van der Waals surface area (Å²) >= 11 is 0. The van der Waals surface area contributed by atoms with E-state index >= 15 is 0 Å². The highest BCUT2D eigenvalue weighted by molar-refractivity contribution is 5.79. The zero-order valence-corrected chi connectivity index (χ0v) is 16.3. The maximum absolute atomic E-state index is 12.2. The van der Waals surface area contributed by atoms with E-state index in [-0.39, 0.29) is 5.41 Å². The van der Waals surface area contributed by atoms with Crippen LogP contribution in [0.25, 0.3) is 0 Å². The van der Waals surface area contributed by atoms with E-state index < -0.39 is 5.60 Å². The lowest BCUT2D eigenvalue weighted by Crippen LogP contribution is -2.52. The number of ketones is 1. The molecule has 25 heavy (non-hydrogen) atoms. The van der Waals surface area contributed by atoms with E-state index in [9.17, 15) is 9.90 Å². The fourth-order valence-electron chi connectivity index (χ4n) is 8.03. The molecule has 4 aliphatic rings. The van der Waals surface area contributed by atoms with E-state index in [1.54, 1.807) is 7.11 Å². The van der Waals surface area contributed by atoms with Crippen LogP contribution in [0.3, 0.4) is 0 Å². The SMILES string of the molecule is COC[C@@]1(O)CC[C@H]2[C@@H](CC[C@H]3C4CC[C@H](C(C)=O)[C@@]4(C)CC[C@H]23)C1. The Bertz CT molecular complexity index is 531. The van der Waals surface area contributed by atoms with Gasteiger partial charge < -0.3 is 9.84 Å². The molecule has 0 aliphatic heterocycles. The normalized spacial score (nSPS) is 52.2. The highest BCUT2D eigenvalue weighted by Gasteiger charge is 2.58. The van der Waals surface area contributed by atoms with Gasteiger partial charge in [0.25, 0.3) is 0 Å². The van der Waals surface area contributed by atoms with Gasteiger partial charge in [0, 0.05) is 13.0 Å². The second-order valence-corrected chi connectivity index (χ2v) is 10.1. The number of hydrogen-bond donors (Lipinski definition) is 1. The first-order valence-electron chi connectivity index (χ1n) is 10.6. The molecular weight excluding hydrogens is 312 g/mol. The average molecular weight is 349 g/mol. The number of Topliss-reactive ketones (excluding diaryl/α,β-unsaturated/α-hetero) is 1. The number of ether oxygens (including phenoxy) is 1. The summed E-state index contributed by atoms with van der Waals surface area (Å²) in [6, 6.07) is 0. The Morgan fingerprint density at radius 1 is 1.04 bits per heavy atom. The first kappa shape index (κ1) is 18.0. The summed E-state index contributed by atoms with van der Waals surface area (Å²) in [4.78, 5) is 12.2. The first-order chi connectivity index (χ1) is 11.9. The maximum Gasteiger partial charge on any atom is 0.133 e. The Labute approximate surface area is 152 Å². The van der Waals surface area contributed by atoms with Crippen molar-refractivity contribution in [2.45, 2.75) is 77.2 Å². The molecule has 3 heteroatoms. The first-order valence-corrected chi connectivity index (χ1v) is 10.6. The summed E-state index contributed by atoms with van der Waals surface area (Å²) < 4.78 is 5.29. The molecule has 8 atom stereocenters. The van der Waals surface area contributed by atoms with Gasteiger partial charge in [0.2, 0.25) is 0 Å². The summed E-state index contributed by atoms with van der Waals surface area (Å²) in [5.41, 5.74) is -0.315. The Kier molecular flexibility index (Phi) is 4.56. The van der Waals surface area contributed by atoms with Crippen molar-refractivity contribution < 1.29 is 14.6 Å². The highest BCUT2D eigenvalue weighted by atomic mass is 16.5. The van der Waals surface area contributed by atoms with Crippen LogP contribution >= 0.6 is 0 Å². The van der Waals surface area contributed by atoms with Crippen LogP contribution in [0.4, 0.5) is 0 Å². The molecule has 142 valence electrons. The van der Waals surface area contributed by atoms with Crippen LogP contribution in [0, 0.1) is 40.9 Å². The van der Waals surface area contributed by atoms with Gasteiger partial charge in [-0.3, -0.25) is 4.79 Å². The molecular formula is C22H36O3. The Morgan fingerprint density at radius 3 is 2.52 bits per heavy atom. The molecule has 1 N–H and O–H groups in total. The van der Waals surface area contributed by atoms with Gasteiger partial charge in [-0.25, -0.2) is 0 Å². The molecule has 0 bridgehead atoms. The zero-order valence-electron chi connectivity index (χ0n) is 16.3. The van der Waals surface area contributed by atoms with Gasteiger partial charge >= 0.3 is 0 Å². The minimum absolute atomic E-state index is 0.269. The highest BCUT2D eigenvalue weighted by Crippen LogP contribution is 2.64. The topological polar surface area (TPSA) is 46.5 Å². The third-order valence-electron chi connectivity index (χ3n) is 9.01. The van der Waals surface area contributed by atoms with Crippen molar-refractivity contribution in [2.24, 2.45) is 40.9 Å². The van der Waals surface area contributed by atoms with Gasteiger partial charge in [-0.2, -0.15) is 0 Å². The standard InChI is InChI=1S/C22H36O3/c1-14(23)19-6-7-20-18-5-4-15-12-22(24,13-25-3)11-9-16(15)17(18)8-10-21(19,20)2/h15-20,24H,4-13H2,1-3H3/t15-,16-,17+,18+,19+,20?,21+,22+/m0/s1. The van der Waals surface area contributed by atoms with Crippen LogP contribution in [0.15, 0.2) is 0 Å². The van der Waals surface area contributed by atoms with Gasteiger partial charge in [0.15, 0.2) is 0 Å². The minimum Gasteiger partial charge on any atom is -0.387 e. The average Bonchev–Trinajstić information content (AvgIpc) is 2.91. The van der Waals surface area contributed by atoms with Crippen LogP contribution in [0.2, 0.25) is 0 Å². The molecule has 0 amide bonds. The quantitative estimate of drug-likeness (QED) is 0.830. The fraction of sp³-hybridized carbons (Fsp3) is 0.955. The van der Waals surface area contributed by atoms with Crippen molar-refractivity contribution in [1.82, 2.24) is 0 Å². The molecule has 0 saturated heterocycles. The molecule has 0 radical (unpaired) electrons. The van der Waals surface area contributed by atoms with E-state index in [0.717, 1.165) is 42.9 Å². The van der Waals surface area contributed by atoms with E-state index in [4.69, 9.17) is 4.74 Å². The number of aliphatic hydroxyl groups is 1. The summed E-state index contributed by atoms with van der Waals surface area (Å²) in [6.45, 7) is 4.74. The number of rotatable bonds is 3. The molecule has 4 rings (SSSR count). The van der Waals surface area contributed by atoms with Crippen LogP contribution in [0.1, 0.15) is 71.6 Å². The molecule has 1 unspecified atom stereocenters. The lowest BCUT2D eigenvalue weighted by Gasteiger charge is -2.57. The van der Waals surface area contributed by atoms with Crippen molar-refractivity contribution in [3.63, 3.8) is 0 Å². The second-order valence-electron chi connectivity index (χ2n) is 10.1. The van der Waals surface area contributed by atoms with E-state index in [0.29, 0.717) is 24.2 Å². The predicted octanol–water partition coefficient (Wildman–Crippen LogP) is 4.22. The van der Waals surface area contributed by atoms with Gasteiger partial charge in [-0.15, -0.1) is 0 Å². The summed E-state index contributed by atoms with van der Waals surface area (Å²) in [7, 11) is 1.70. The minimum atomic E-state index is -0.584. The third-order valence-corrected chi connectivity index (χ3v) is 9.01. The fourth-order valence-corrected chi connectivity index (χ4v) is 8.03. The van der Waals surface area contributed by atoms with Gasteiger partial charge in [-0.05, 0) is 99.7 Å². The van der Waals surface area contributed by atoms with Crippen LogP contribution in [-0.4, -0.2) is 30.2 Å². The Hall–Kier alpha value is -0.410. The lowest BCUT2D eigenvalue weighted by molar-refractivity contribution is -0.134. The molecule has 0 aromatic rings. The van der Waals surface area contributed by atoms with Gasteiger partial charge in [0.1, 0.15) is 5.78 Å². The Morgan fingerprint density at radius 2 is 1.80 bits per heavy atom. The maximum atomic E-state index is 12.2. The zero-order chi connectivity index (χ0) is 17.8. The monoisotopic (exact) mass is 348 g/mol. The van der Waals surface area contributed by atoms with Crippen molar-refractivity contribution in [3.8, 4) is 0 Å². The second kappa shape index (κ2) is 6.34. The molecule has 0 spiro atoms. The molecule has 0 aromatic carbocycles. The molecule has 3 nitrogen and oxygen atoms in total. The number of fused-ring (bicyclic) bond motifs is 5. The number of carbonyl (C=O) groups excluding carboxylic acids is 1. The summed E-state index contributed by atoms with van der Waals surface area (Å²) in [6.07, 6.45) is 10.6. The van der Waals surface area contributed by atoms with Crippen LogP contribution in [0.5, 0.6) is 0 Å². The van der Waals surface area contributed by atoms with E-state index in [2.05, 4.69) is 6.92 Å². The smallest absolute Gasteiger partial charge is 0.133 e. The van der Waals surface area contributed by atoms with E-state index in [1.165, 1.54) is 38.5 Å². The number of hydrogen-bond acceptors (Lipinski definition) is 3. The van der Waals surface area contributed by atoms with Crippen molar-refractivity contribution in [3.05, 3.63) is 0 Å². The Balaban J connectivity index is 1.51. The lowest BCUT2D eigenvalue weighted by atomic mass is 9.49. The van der Waals surface area contributed by atoms with Gasteiger partial charge in [-0.1, -0.05) is 6.92 Å². The molecule has 4 fully saturated rings. The predicted molar refractivity (Wildman–Crippen MR) is 98.1 cm³/mol. The van der Waals surface area contributed by atoms with Crippen LogP contribution in [-0.2, 0) is 9.53 Å². The number of methoxy groups -OCH3 is 1. The molecule has 4 aliphatic carbocycles. The van der Waals surface area contributed by atoms with Crippen molar-refractivity contribution >= 4 is 5.78 Å². The summed E-state index contributed by atoms with van der Waals surface area (Å²) in [5.74, 6) is 4.67. The molecule has 4 saturated carbocycles. The summed E-state index contributed by atoms with van der Waals surface area (Å²) in [5, 5.41) is 10.8. The van der Waals surface area contributed by atoms with Gasteiger partial charge in [0.05, 0.1) is 12.2 Å². The van der Waals surface area contributed by atoms with Crippen LogP contribution < -0.4 is 0 Å². The third kappa shape index (κ3) is 2.81. The largest absolute Gasteiger partial charge is 0.387 e. The van der Waals surface area contributed by atoms with Crippen molar-refractivity contribution in [1.29, 1.82) is 0 Å².